The summed E-state index contributed by atoms with van der Waals surface area (Å²) in [7, 11) is 0.911. The number of para-hydroxylation sites is 1. The van der Waals surface area contributed by atoms with Gasteiger partial charge in [0.05, 0.1) is 29.1 Å². The van der Waals surface area contributed by atoms with E-state index in [1.165, 1.54) is 7.11 Å². The molecule has 5 rings (SSSR count). The first-order valence-electron chi connectivity index (χ1n) is 13.2. The zero-order valence-corrected chi connectivity index (χ0v) is 25.2. The molecule has 0 unspecified atom stereocenters. The summed E-state index contributed by atoms with van der Waals surface area (Å²) in [4.78, 5) is 26.0. The zero-order chi connectivity index (χ0) is 27.6. The van der Waals surface area contributed by atoms with Crippen molar-refractivity contribution in [2.75, 3.05) is 7.11 Å². The Bertz CT molecular complexity index is 1060. The van der Waals surface area contributed by atoms with E-state index in [2.05, 4.69) is 42.0 Å². The Hall–Kier alpha value is -1.58. The lowest BCUT2D eigenvalue weighted by molar-refractivity contribution is -0.199. The minimum atomic E-state index is -0.771. The first-order valence-corrected chi connectivity index (χ1v) is 14.0. The third-order valence-corrected chi connectivity index (χ3v) is 8.87. The van der Waals surface area contributed by atoms with Crippen molar-refractivity contribution in [1.29, 1.82) is 0 Å². The predicted octanol–water partition coefficient (Wildman–Crippen LogP) is 5.12. The van der Waals surface area contributed by atoms with Crippen molar-refractivity contribution in [3.05, 3.63) is 29.3 Å². The summed E-state index contributed by atoms with van der Waals surface area (Å²) >= 11 is 3.48. The van der Waals surface area contributed by atoms with Crippen LogP contribution in [-0.2, 0) is 25.3 Å². The molecule has 3 saturated carbocycles. The van der Waals surface area contributed by atoms with Gasteiger partial charge in [0.25, 0.3) is 0 Å². The van der Waals surface area contributed by atoms with Gasteiger partial charge in [-0.05, 0) is 89.7 Å². The molecule has 4 aliphatic rings. The molecule has 9 heteroatoms. The number of hydrogen-bond donors (Lipinski definition) is 1. The number of rotatable bonds is 7. The van der Waals surface area contributed by atoms with Gasteiger partial charge in [-0.25, -0.2) is 4.79 Å². The molecule has 1 amide bonds. The highest BCUT2D eigenvalue weighted by molar-refractivity contribution is 9.10. The fourth-order valence-corrected chi connectivity index (χ4v) is 6.46. The molecule has 204 valence electrons. The van der Waals surface area contributed by atoms with Gasteiger partial charge >= 0.3 is 13.1 Å². The Morgan fingerprint density at radius 2 is 1.86 bits per heavy atom. The van der Waals surface area contributed by atoms with Crippen LogP contribution in [0.2, 0.25) is 0 Å². The molecule has 3 aliphatic carbocycles. The van der Waals surface area contributed by atoms with E-state index in [0.29, 0.717) is 29.6 Å². The van der Waals surface area contributed by atoms with Crippen LogP contribution >= 0.6 is 15.9 Å². The van der Waals surface area contributed by atoms with Crippen molar-refractivity contribution in [2.45, 2.75) is 102 Å². The quantitative estimate of drug-likeness (QED) is 0.275. The molecule has 0 radical (unpaired) electrons. The summed E-state index contributed by atoms with van der Waals surface area (Å²) in [6, 6.07) is 5.40. The molecule has 7 nitrogen and oxygen atoms in total. The molecule has 0 aromatic heterocycles. The van der Waals surface area contributed by atoms with Crippen LogP contribution in [0, 0.1) is 17.3 Å². The van der Waals surface area contributed by atoms with E-state index >= 15 is 0 Å². The number of amides is 1. The van der Waals surface area contributed by atoms with Crippen LogP contribution in [0.5, 0.6) is 5.75 Å². The van der Waals surface area contributed by atoms with Gasteiger partial charge in [0.2, 0.25) is 5.91 Å². The Kier molecular flexibility index (Phi) is 7.35. The summed E-state index contributed by atoms with van der Waals surface area (Å²) in [6.45, 7) is 15.9. The molecule has 1 aliphatic heterocycles. The molecule has 1 heterocycles. The number of ether oxygens (including phenoxy) is 2. The van der Waals surface area contributed by atoms with Crippen LogP contribution in [0.15, 0.2) is 18.2 Å². The fraction of sp³-hybridized carbons (Fsp3) is 0.714. The molecule has 2 bridgehead atoms. The van der Waals surface area contributed by atoms with Gasteiger partial charge in [-0.15, -0.1) is 0 Å². The van der Waals surface area contributed by atoms with Crippen LogP contribution in [0.25, 0.3) is 0 Å². The molecule has 0 spiro atoms. The van der Waals surface area contributed by atoms with Gasteiger partial charge in [0, 0.05) is 0 Å². The number of nitrogens with one attached hydrogen (secondary N) is 1. The van der Waals surface area contributed by atoms with E-state index in [1.54, 1.807) is 26.0 Å². The second-order valence-electron chi connectivity index (χ2n) is 13.1. The highest BCUT2D eigenvalue weighted by atomic mass is 79.9. The Morgan fingerprint density at radius 1 is 1.19 bits per heavy atom. The average molecular weight is 578 g/mol. The van der Waals surface area contributed by atoms with Crippen LogP contribution in [0.4, 0.5) is 0 Å². The van der Waals surface area contributed by atoms with Gasteiger partial charge in [-0.2, -0.15) is 0 Å². The topological polar surface area (TPSA) is 83.1 Å². The van der Waals surface area contributed by atoms with E-state index in [-0.39, 0.29) is 17.4 Å². The molecular weight excluding hydrogens is 537 g/mol. The maximum absolute atomic E-state index is 13.1. The van der Waals surface area contributed by atoms with Crippen molar-refractivity contribution in [2.24, 2.45) is 17.3 Å². The van der Waals surface area contributed by atoms with Gasteiger partial charge in [0.15, 0.2) is 0 Å². The Labute approximate surface area is 230 Å². The first kappa shape index (κ1) is 28.4. The van der Waals surface area contributed by atoms with Gasteiger partial charge in [0.1, 0.15) is 16.9 Å². The normalized spacial score (nSPS) is 29.1. The number of esters is 1. The number of alkyl halides is 1. The molecule has 37 heavy (non-hydrogen) atoms. The fourth-order valence-electron chi connectivity index (χ4n) is 6.34. The lowest BCUT2D eigenvalue weighted by Crippen LogP contribution is -2.65. The predicted molar refractivity (Wildman–Crippen MR) is 147 cm³/mol. The molecule has 1 aromatic carbocycles. The van der Waals surface area contributed by atoms with Gasteiger partial charge < -0.3 is 24.1 Å². The Morgan fingerprint density at radius 3 is 2.43 bits per heavy atom. The molecular formula is C28H41BBrNO6. The number of halogens is 1. The number of carbonyl (C=O) groups is 2. The van der Waals surface area contributed by atoms with Crippen molar-refractivity contribution < 1.29 is 28.4 Å². The summed E-state index contributed by atoms with van der Waals surface area (Å²) in [5.74, 6) is 0.341. The lowest BCUT2D eigenvalue weighted by Gasteiger charge is -2.64. The standard InChI is InChI=1S/C28H41BBrNO6/c1-25(2,3)35-23(32)18-12-10-11-16(22(18)34-9)13-21(31-24(33)27(6,7)30)29-36-20-15-17-14-19(26(17,4)5)28(20,8)37-29/h10-12,17,19-21H,13-15H2,1-9H3,(H,31,33)/t17-,19-,20+,21-,28-/m0/s1. The molecule has 1 N–H and O–H groups in total. The van der Waals surface area contributed by atoms with E-state index in [0.717, 1.165) is 18.4 Å². The maximum atomic E-state index is 13.1. The van der Waals surface area contributed by atoms with Crippen LogP contribution < -0.4 is 10.1 Å². The van der Waals surface area contributed by atoms with Crippen molar-refractivity contribution in [3.63, 3.8) is 0 Å². The van der Waals surface area contributed by atoms with E-state index in [1.807, 2.05) is 26.8 Å². The third-order valence-electron chi connectivity index (χ3n) is 8.51. The van der Waals surface area contributed by atoms with E-state index in [4.69, 9.17) is 18.8 Å². The number of carbonyl (C=O) groups excluding carboxylic acids is 2. The largest absolute Gasteiger partial charge is 0.496 e. The molecule has 4 fully saturated rings. The Balaban J connectivity index is 1.64. The van der Waals surface area contributed by atoms with Crippen molar-refractivity contribution in [3.8, 4) is 5.75 Å². The maximum Gasteiger partial charge on any atom is 0.482 e. The highest BCUT2D eigenvalue weighted by Gasteiger charge is 2.68. The first-order chi connectivity index (χ1) is 17.0. The average Bonchev–Trinajstić information content (AvgIpc) is 3.13. The van der Waals surface area contributed by atoms with E-state index in [9.17, 15) is 9.59 Å². The lowest BCUT2D eigenvalue weighted by atomic mass is 9.43. The number of benzene rings is 1. The SMILES string of the molecule is COc1c(C[C@H](NC(=O)C(C)(C)Br)B2O[C@@H]3C[C@@H]4C[C@@H](C4(C)C)[C@]3(C)O2)cccc1C(=O)OC(C)(C)C. The smallest absolute Gasteiger partial charge is 0.482 e. The van der Waals surface area contributed by atoms with Crippen molar-refractivity contribution >= 4 is 34.9 Å². The highest BCUT2D eigenvalue weighted by Crippen LogP contribution is 2.65. The summed E-state index contributed by atoms with van der Waals surface area (Å²) in [5, 5.41) is 3.15. The third kappa shape index (κ3) is 5.33. The molecule has 1 aromatic rings. The number of methoxy groups -OCH3 is 1. The summed E-state index contributed by atoms with van der Waals surface area (Å²) in [6.07, 6.45) is 2.45. The van der Waals surface area contributed by atoms with Gasteiger partial charge in [-0.1, -0.05) is 41.9 Å². The van der Waals surface area contributed by atoms with Crippen LogP contribution in [-0.4, -0.2) is 53.7 Å². The zero-order valence-electron chi connectivity index (χ0n) is 23.6. The summed E-state index contributed by atoms with van der Waals surface area (Å²) < 4.78 is 23.8. The van der Waals surface area contributed by atoms with Crippen LogP contribution in [0.1, 0.15) is 84.2 Å². The van der Waals surface area contributed by atoms with Crippen molar-refractivity contribution in [1.82, 2.24) is 5.32 Å². The second kappa shape index (κ2) is 9.56. The van der Waals surface area contributed by atoms with Crippen LogP contribution in [0.3, 0.4) is 0 Å². The monoisotopic (exact) mass is 577 g/mol. The summed E-state index contributed by atoms with van der Waals surface area (Å²) in [5.41, 5.74) is 0.281. The van der Waals surface area contributed by atoms with E-state index < -0.39 is 34.6 Å². The minimum absolute atomic E-state index is 0.0133. The second-order valence-corrected chi connectivity index (χ2v) is 15.1. The number of hydrogen-bond acceptors (Lipinski definition) is 6. The minimum Gasteiger partial charge on any atom is -0.496 e. The molecule has 5 atom stereocenters. The van der Waals surface area contributed by atoms with Gasteiger partial charge in [-0.3, -0.25) is 4.79 Å². The molecule has 1 saturated heterocycles.